The third-order valence-corrected chi connectivity index (χ3v) is 2.95. The lowest BCUT2D eigenvalue weighted by atomic mass is 10.1. The molecular weight excluding hydrogens is 230 g/mol. The molecule has 92 valence electrons. The summed E-state index contributed by atoms with van der Waals surface area (Å²) in [6.07, 6.45) is 0.646. The standard InChI is InChI=1S/C11H12F2N2O2/c12-7-1-2-8(10(13)4-7)9-3-6(9)5-15(17)11(14)16/h1-2,4,6,9,17H,3,5H2,(H2,14,16). The van der Waals surface area contributed by atoms with Gasteiger partial charge in [-0.05, 0) is 29.9 Å². The molecule has 1 aliphatic rings. The lowest BCUT2D eigenvalue weighted by Gasteiger charge is -2.11. The fourth-order valence-corrected chi connectivity index (χ4v) is 1.94. The SMILES string of the molecule is NC(=O)N(O)CC1CC1c1ccc(F)cc1F. The van der Waals surface area contributed by atoms with Gasteiger partial charge in [0.2, 0.25) is 0 Å². The van der Waals surface area contributed by atoms with Crippen molar-refractivity contribution in [3.8, 4) is 0 Å². The Balaban J connectivity index is 2.00. The van der Waals surface area contributed by atoms with Crippen molar-refractivity contribution in [1.29, 1.82) is 0 Å². The fraction of sp³-hybridized carbons (Fsp3) is 0.364. The number of primary amides is 1. The Morgan fingerprint density at radius 2 is 2.24 bits per heavy atom. The van der Waals surface area contributed by atoms with Crippen LogP contribution in [0.4, 0.5) is 13.6 Å². The van der Waals surface area contributed by atoms with Crippen LogP contribution in [0.1, 0.15) is 17.9 Å². The molecule has 2 unspecified atom stereocenters. The van der Waals surface area contributed by atoms with Crippen LogP contribution in [0.15, 0.2) is 18.2 Å². The number of carbonyl (C=O) groups is 1. The van der Waals surface area contributed by atoms with Crippen molar-refractivity contribution in [1.82, 2.24) is 5.06 Å². The average molecular weight is 242 g/mol. The summed E-state index contributed by atoms with van der Waals surface area (Å²) >= 11 is 0. The maximum Gasteiger partial charge on any atom is 0.338 e. The molecule has 2 atom stereocenters. The summed E-state index contributed by atoms with van der Waals surface area (Å²) in [5.41, 5.74) is 5.27. The van der Waals surface area contributed by atoms with E-state index >= 15 is 0 Å². The van der Waals surface area contributed by atoms with Crippen molar-refractivity contribution in [3.05, 3.63) is 35.4 Å². The highest BCUT2D eigenvalue weighted by atomic mass is 19.1. The number of benzene rings is 1. The van der Waals surface area contributed by atoms with Crippen molar-refractivity contribution in [2.24, 2.45) is 11.7 Å². The summed E-state index contributed by atoms with van der Waals surface area (Å²) < 4.78 is 26.1. The topological polar surface area (TPSA) is 66.6 Å². The van der Waals surface area contributed by atoms with Gasteiger partial charge in [0, 0.05) is 6.07 Å². The van der Waals surface area contributed by atoms with Gasteiger partial charge < -0.3 is 5.73 Å². The van der Waals surface area contributed by atoms with Gasteiger partial charge in [-0.15, -0.1) is 0 Å². The number of hydrogen-bond donors (Lipinski definition) is 2. The van der Waals surface area contributed by atoms with E-state index in [1.54, 1.807) is 0 Å². The zero-order valence-corrected chi connectivity index (χ0v) is 8.94. The molecule has 0 saturated heterocycles. The first-order valence-corrected chi connectivity index (χ1v) is 5.20. The number of halogens is 2. The van der Waals surface area contributed by atoms with Gasteiger partial charge in [-0.2, -0.15) is 0 Å². The third kappa shape index (κ3) is 2.52. The molecule has 2 rings (SSSR count). The summed E-state index contributed by atoms with van der Waals surface area (Å²) in [7, 11) is 0. The number of nitrogens with two attached hydrogens (primary N) is 1. The van der Waals surface area contributed by atoms with Crippen LogP contribution >= 0.6 is 0 Å². The molecule has 1 fully saturated rings. The predicted octanol–water partition coefficient (Wildman–Crippen LogP) is 1.84. The minimum Gasteiger partial charge on any atom is -0.350 e. The summed E-state index contributed by atoms with van der Waals surface area (Å²) in [4.78, 5) is 10.6. The van der Waals surface area contributed by atoms with E-state index < -0.39 is 17.7 Å². The predicted molar refractivity (Wildman–Crippen MR) is 55.3 cm³/mol. The monoisotopic (exact) mass is 242 g/mol. The van der Waals surface area contributed by atoms with Crippen molar-refractivity contribution in [2.45, 2.75) is 12.3 Å². The van der Waals surface area contributed by atoms with E-state index in [9.17, 15) is 13.6 Å². The van der Waals surface area contributed by atoms with E-state index in [1.165, 1.54) is 12.1 Å². The largest absolute Gasteiger partial charge is 0.350 e. The summed E-state index contributed by atoms with van der Waals surface area (Å²) in [6.45, 7) is 0.0663. The third-order valence-electron chi connectivity index (χ3n) is 2.95. The van der Waals surface area contributed by atoms with Crippen molar-refractivity contribution < 1.29 is 18.8 Å². The lowest BCUT2D eigenvalue weighted by Crippen LogP contribution is -2.34. The Morgan fingerprint density at radius 3 is 2.82 bits per heavy atom. The van der Waals surface area contributed by atoms with E-state index in [1.807, 2.05) is 0 Å². The van der Waals surface area contributed by atoms with Gasteiger partial charge in [0.1, 0.15) is 11.6 Å². The Bertz CT molecular complexity index is 453. The molecular formula is C11H12F2N2O2. The average Bonchev–Trinajstić information content (AvgIpc) is 2.96. The van der Waals surface area contributed by atoms with Gasteiger partial charge in [-0.25, -0.2) is 18.6 Å². The first kappa shape index (κ1) is 11.8. The number of hydrogen-bond acceptors (Lipinski definition) is 2. The van der Waals surface area contributed by atoms with Gasteiger partial charge in [-0.3, -0.25) is 5.21 Å². The number of nitrogens with zero attached hydrogens (tertiary/aromatic N) is 1. The van der Waals surface area contributed by atoms with Crippen LogP contribution in [0, 0.1) is 17.6 Å². The van der Waals surface area contributed by atoms with Crippen molar-refractivity contribution in [2.75, 3.05) is 6.54 Å². The fourth-order valence-electron chi connectivity index (χ4n) is 1.94. The molecule has 0 heterocycles. The molecule has 0 aliphatic heterocycles. The molecule has 3 N–H and O–H groups in total. The van der Waals surface area contributed by atoms with E-state index in [4.69, 9.17) is 10.9 Å². The van der Waals surface area contributed by atoms with Crippen LogP contribution in [0.25, 0.3) is 0 Å². The summed E-state index contributed by atoms with van der Waals surface area (Å²) in [5.74, 6) is -1.34. The van der Waals surface area contributed by atoms with Crippen LogP contribution in [0.3, 0.4) is 0 Å². The number of urea groups is 1. The summed E-state index contributed by atoms with van der Waals surface area (Å²) in [5, 5.41) is 9.53. The molecule has 6 heteroatoms. The van der Waals surface area contributed by atoms with Crippen molar-refractivity contribution >= 4 is 6.03 Å². The van der Waals surface area contributed by atoms with E-state index in [0.717, 1.165) is 6.07 Å². The molecule has 1 aromatic rings. The molecule has 4 nitrogen and oxygen atoms in total. The maximum atomic E-state index is 13.4. The number of carbonyl (C=O) groups excluding carboxylic acids is 1. The second-order valence-corrected chi connectivity index (χ2v) is 4.19. The highest BCUT2D eigenvalue weighted by Crippen LogP contribution is 2.48. The molecule has 0 aromatic heterocycles. The Morgan fingerprint density at radius 1 is 1.53 bits per heavy atom. The molecule has 0 bridgehead atoms. The van der Waals surface area contributed by atoms with Gasteiger partial charge in [0.05, 0.1) is 6.54 Å². The Labute approximate surface area is 96.6 Å². The molecule has 1 aliphatic carbocycles. The molecule has 1 saturated carbocycles. The van der Waals surface area contributed by atoms with Crippen LogP contribution in [-0.2, 0) is 0 Å². The highest BCUT2D eigenvalue weighted by molar-refractivity contribution is 5.70. The quantitative estimate of drug-likeness (QED) is 0.627. The van der Waals surface area contributed by atoms with Crippen LogP contribution in [-0.4, -0.2) is 22.8 Å². The first-order valence-electron chi connectivity index (χ1n) is 5.20. The van der Waals surface area contributed by atoms with Gasteiger partial charge in [0.15, 0.2) is 0 Å². The minimum absolute atomic E-state index is 0.0348. The zero-order valence-electron chi connectivity index (χ0n) is 8.94. The second kappa shape index (κ2) is 4.29. The van der Waals surface area contributed by atoms with Crippen LogP contribution in [0.5, 0.6) is 0 Å². The second-order valence-electron chi connectivity index (χ2n) is 4.19. The molecule has 0 spiro atoms. The lowest BCUT2D eigenvalue weighted by molar-refractivity contribution is -0.0432. The number of hydroxylamine groups is 2. The van der Waals surface area contributed by atoms with Crippen LogP contribution < -0.4 is 5.73 Å². The smallest absolute Gasteiger partial charge is 0.338 e. The Kier molecular flexibility index (Phi) is 2.97. The highest BCUT2D eigenvalue weighted by Gasteiger charge is 2.41. The minimum atomic E-state index is -0.935. The van der Waals surface area contributed by atoms with Gasteiger partial charge in [-0.1, -0.05) is 6.07 Å². The van der Waals surface area contributed by atoms with E-state index in [0.29, 0.717) is 17.0 Å². The van der Waals surface area contributed by atoms with Crippen molar-refractivity contribution in [3.63, 3.8) is 0 Å². The van der Waals surface area contributed by atoms with E-state index in [-0.39, 0.29) is 18.4 Å². The number of rotatable bonds is 3. The molecule has 17 heavy (non-hydrogen) atoms. The Hall–Kier alpha value is -1.69. The molecule has 0 radical (unpaired) electrons. The maximum absolute atomic E-state index is 13.4. The van der Waals surface area contributed by atoms with E-state index in [2.05, 4.69) is 0 Å². The van der Waals surface area contributed by atoms with Crippen LogP contribution in [0.2, 0.25) is 0 Å². The number of amides is 2. The molecule has 2 amide bonds. The van der Waals surface area contributed by atoms with Gasteiger partial charge in [0.25, 0.3) is 0 Å². The zero-order chi connectivity index (χ0) is 12.6. The summed E-state index contributed by atoms with van der Waals surface area (Å²) in [6, 6.07) is 2.48. The van der Waals surface area contributed by atoms with Gasteiger partial charge >= 0.3 is 6.03 Å². The first-order chi connectivity index (χ1) is 7.99. The normalized spacial score (nSPS) is 22.3. The molecule has 1 aromatic carbocycles.